The van der Waals surface area contributed by atoms with E-state index in [-0.39, 0.29) is 0 Å². The van der Waals surface area contributed by atoms with Crippen LogP contribution in [-0.4, -0.2) is 18.1 Å². The topological polar surface area (TPSA) is 24.9 Å². The molecule has 0 spiro atoms. The molecule has 0 fully saturated rings. The average molecular weight is 192 g/mol. The lowest BCUT2D eigenvalue weighted by Gasteiger charge is -2.18. The largest absolute Gasteiger partial charge is 0.317 e. The van der Waals surface area contributed by atoms with Gasteiger partial charge in [-0.15, -0.1) is 0 Å². The smallest absolute Gasteiger partial charge is 0.0299 e. The van der Waals surface area contributed by atoms with E-state index in [0.717, 1.165) is 6.42 Å². The van der Waals surface area contributed by atoms with Gasteiger partial charge in [0.15, 0.2) is 0 Å². The lowest BCUT2D eigenvalue weighted by Crippen LogP contribution is -2.28. The summed E-state index contributed by atoms with van der Waals surface area (Å²) in [5.74, 6) is 0.709. The van der Waals surface area contributed by atoms with Crippen LogP contribution in [0.15, 0.2) is 24.5 Å². The van der Waals surface area contributed by atoms with Gasteiger partial charge in [-0.1, -0.05) is 13.0 Å². The van der Waals surface area contributed by atoms with E-state index in [4.69, 9.17) is 0 Å². The van der Waals surface area contributed by atoms with Crippen molar-refractivity contribution in [1.82, 2.24) is 10.3 Å². The van der Waals surface area contributed by atoms with E-state index < -0.39 is 0 Å². The van der Waals surface area contributed by atoms with Crippen LogP contribution >= 0.6 is 0 Å². The lowest BCUT2D eigenvalue weighted by atomic mass is 9.96. The van der Waals surface area contributed by atoms with Crippen molar-refractivity contribution >= 4 is 0 Å². The number of hydrogen-bond donors (Lipinski definition) is 1. The maximum Gasteiger partial charge on any atom is 0.0299 e. The molecule has 0 aliphatic heterocycles. The van der Waals surface area contributed by atoms with Crippen molar-refractivity contribution in [3.8, 4) is 0 Å². The molecule has 0 bridgehead atoms. The van der Waals surface area contributed by atoms with Crippen LogP contribution in [-0.2, 0) is 6.42 Å². The van der Waals surface area contributed by atoms with Crippen LogP contribution < -0.4 is 5.32 Å². The molecular weight excluding hydrogens is 172 g/mol. The molecule has 14 heavy (non-hydrogen) atoms. The van der Waals surface area contributed by atoms with Gasteiger partial charge in [0, 0.05) is 18.4 Å². The van der Waals surface area contributed by atoms with E-state index in [1.54, 1.807) is 0 Å². The maximum absolute atomic E-state index is 4.11. The zero-order valence-corrected chi connectivity index (χ0v) is 9.33. The highest BCUT2D eigenvalue weighted by molar-refractivity contribution is 5.08. The molecule has 0 saturated carbocycles. The van der Waals surface area contributed by atoms with Crippen molar-refractivity contribution in [2.75, 3.05) is 7.05 Å². The van der Waals surface area contributed by atoms with Crippen LogP contribution in [0.4, 0.5) is 0 Å². The number of rotatable bonds is 5. The van der Waals surface area contributed by atoms with E-state index in [0.29, 0.717) is 12.0 Å². The predicted octanol–water partition coefficient (Wildman–Crippen LogP) is 2.26. The molecule has 2 heteroatoms. The van der Waals surface area contributed by atoms with Gasteiger partial charge in [-0.2, -0.15) is 0 Å². The number of aromatic nitrogens is 1. The quantitative estimate of drug-likeness (QED) is 0.774. The molecule has 0 saturated heterocycles. The molecule has 78 valence electrons. The van der Waals surface area contributed by atoms with Crippen LogP contribution in [0.2, 0.25) is 0 Å². The fourth-order valence-electron chi connectivity index (χ4n) is 1.47. The number of nitrogens with zero attached hydrogens (tertiary/aromatic N) is 1. The molecule has 1 N–H and O–H groups in total. The monoisotopic (exact) mass is 192 g/mol. The third kappa shape index (κ3) is 3.46. The number of nitrogens with one attached hydrogen (secondary N) is 1. The van der Waals surface area contributed by atoms with Crippen molar-refractivity contribution in [3.05, 3.63) is 30.1 Å². The summed E-state index contributed by atoms with van der Waals surface area (Å²) in [5.41, 5.74) is 1.34. The minimum Gasteiger partial charge on any atom is -0.317 e. The van der Waals surface area contributed by atoms with Gasteiger partial charge in [0.05, 0.1) is 0 Å². The second kappa shape index (κ2) is 5.76. The second-order valence-corrected chi connectivity index (χ2v) is 3.95. The van der Waals surface area contributed by atoms with Crippen molar-refractivity contribution < 1.29 is 0 Å². The highest BCUT2D eigenvalue weighted by Crippen LogP contribution is 2.11. The third-order valence-electron chi connectivity index (χ3n) is 2.92. The maximum atomic E-state index is 4.11. The van der Waals surface area contributed by atoms with Crippen molar-refractivity contribution in [1.29, 1.82) is 0 Å². The molecular formula is C12H20N2. The van der Waals surface area contributed by atoms with Crippen molar-refractivity contribution in [2.45, 2.75) is 32.7 Å². The summed E-state index contributed by atoms with van der Waals surface area (Å²) >= 11 is 0. The van der Waals surface area contributed by atoms with Gasteiger partial charge in [0.2, 0.25) is 0 Å². The van der Waals surface area contributed by atoms with E-state index in [1.807, 2.05) is 25.5 Å². The Bertz CT molecular complexity index is 246. The summed E-state index contributed by atoms with van der Waals surface area (Å²) in [7, 11) is 2.02. The number of pyridine rings is 1. The summed E-state index contributed by atoms with van der Waals surface area (Å²) in [6.07, 6.45) is 6.12. The first-order valence-electron chi connectivity index (χ1n) is 5.30. The van der Waals surface area contributed by atoms with Gasteiger partial charge in [-0.25, -0.2) is 0 Å². The molecule has 2 atom stereocenters. The molecule has 1 aromatic rings. The molecule has 2 nitrogen and oxygen atoms in total. The average Bonchev–Trinajstić information content (AvgIpc) is 2.26. The molecule has 0 aromatic carbocycles. The zero-order chi connectivity index (χ0) is 10.4. The van der Waals surface area contributed by atoms with Crippen LogP contribution in [0.3, 0.4) is 0 Å². The summed E-state index contributed by atoms with van der Waals surface area (Å²) in [5, 5.41) is 3.29. The Morgan fingerprint density at radius 2 is 2.21 bits per heavy atom. The van der Waals surface area contributed by atoms with Gasteiger partial charge in [-0.3, -0.25) is 4.98 Å². The molecule has 0 amide bonds. The summed E-state index contributed by atoms with van der Waals surface area (Å²) < 4.78 is 0. The van der Waals surface area contributed by atoms with E-state index in [1.165, 1.54) is 12.0 Å². The fraction of sp³-hybridized carbons (Fsp3) is 0.583. The second-order valence-electron chi connectivity index (χ2n) is 3.95. The summed E-state index contributed by atoms with van der Waals surface area (Å²) in [6.45, 7) is 4.52. The third-order valence-corrected chi connectivity index (χ3v) is 2.92. The molecule has 0 aliphatic carbocycles. The van der Waals surface area contributed by atoms with Gasteiger partial charge in [0.25, 0.3) is 0 Å². The Balaban J connectivity index is 2.34. The minimum absolute atomic E-state index is 0.590. The first-order valence-corrected chi connectivity index (χ1v) is 5.30. The van der Waals surface area contributed by atoms with Gasteiger partial charge < -0.3 is 5.32 Å². The van der Waals surface area contributed by atoms with Crippen LogP contribution in [0, 0.1) is 5.92 Å². The molecule has 2 unspecified atom stereocenters. The van der Waals surface area contributed by atoms with E-state index in [2.05, 4.69) is 30.2 Å². The Morgan fingerprint density at radius 1 is 1.43 bits per heavy atom. The van der Waals surface area contributed by atoms with Gasteiger partial charge >= 0.3 is 0 Å². The Kier molecular flexibility index (Phi) is 4.60. The summed E-state index contributed by atoms with van der Waals surface area (Å²) in [4.78, 5) is 4.11. The van der Waals surface area contributed by atoms with Crippen molar-refractivity contribution in [3.63, 3.8) is 0 Å². The van der Waals surface area contributed by atoms with E-state index in [9.17, 15) is 0 Å². The standard InChI is InChI=1S/C12H20N2/c1-10(11(2)13-3)6-7-12-5-4-8-14-9-12/h4-5,8-11,13H,6-7H2,1-3H3. The highest BCUT2D eigenvalue weighted by Gasteiger charge is 2.09. The molecule has 1 aromatic heterocycles. The minimum atomic E-state index is 0.590. The molecule has 0 radical (unpaired) electrons. The lowest BCUT2D eigenvalue weighted by molar-refractivity contribution is 0.401. The molecule has 0 aliphatic rings. The van der Waals surface area contributed by atoms with Gasteiger partial charge in [-0.05, 0) is 44.4 Å². The van der Waals surface area contributed by atoms with Crippen LogP contribution in [0.25, 0.3) is 0 Å². The zero-order valence-electron chi connectivity index (χ0n) is 9.33. The fourth-order valence-corrected chi connectivity index (χ4v) is 1.47. The van der Waals surface area contributed by atoms with Crippen LogP contribution in [0.1, 0.15) is 25.8 Å². The highest BCUT2D eigenvalue weighted by atomic mass is 14.9. The van der Waals surface area contributed by atoms with Crippen LogP contribution in [0.5, 0.6) is 0 Å². The molecule has 1 heterocycles. The summed E-state index contributed by atoms with van der Waals surface area (Å²) in [6, 6.07) is 4.73. The number of hydrogen-bond acceptors (Lipinski definition) is 2. The normalized spacial score (nSPS) is 15.1. The van der Waals surface area contributed by atoms with E-state index >= 15 is 0 Å². The first-order chi connectivity index (χ1) is 6.74. The van der Waals surface area contributed by atoms with Gasteiger partial charge in [0.1, 0.15) is 0 Å². The Labute approximate surface area is 86.8 Å². The first kappa shape index (κ1) is 11.2. The number of aryl methyl sites for hydroxylation is 1. The Morgan fingerprint density at radius 3 is 2.79 bits per heavy atom. The predicted molar refractivity (Wildman–Crippen MR) is 60.2 cm³/mol. The SMILES string of the molecule is CNC(C)C(C)CCc1cccnc1. The van der Waals surface area contributed by atoms with Crippen molar-refractivity contribution in [2.24, 2.45) is 5.92 Å². The Hall–Kier alpha value is -0.890. The molecule has 1 rings (SSSR count).